The minimum absolute atomic E-state index is 0.0809. The van der Waals surface area contributed by atoms with E-state index in [2.05, 4.69) is 15.9 Å². The first-order valence-electron chi connectivity index (χ1n) is 7.32. The molecule has 0 spiro atoms. The zero-order valence-electron chi connectivity index (χ0n) is 13.3. The number of nitrogens with zero attached hydrogens (tertiary/aromatic N) is 1. The molecule has 0 radical (unpaired) electrons. The van der Waals surface area contributed by atoms with Crippen molar-refractivity contribution in [3.8, 4) is 5.75 Å². The summed E-state index contributed by atoms with van der Waals surface area (Å²) in [6.07, 6.45) is 0.255. The first-order chi connectivity index (χ1) is 10.9. The number of carbonyl (C=O) groups is 1. The van der Waals surface area contributed by atoms with Gasteiger partial charge in [0.2, 0.25) is 5.91 Å². The van der Waals surface area contributed by atoms with Crippen LogP contribution in [0.3, 0.4) is 0 Å². The molecule has 1 amide bonds. The molecule has 5 heteroatoms. The number of anilines is 1. The molecule has 0 fully saturated rings. The Morgan fingerprint density at radius 3 is 2.57 bits per heavy atom. The number of halogens is 2. The lowest BCUT2D eigenvalue weighted by Crippen LogP contribution is -2.38. The van der Waals surface area contributed by atoms with Crippen LogP contribution in [0.4, 0.5) is 10.1 Å². The fourth-order valence-corrected chi connectivity index (χ4v) is 2.89. The van der Waals surface area contributed by atoms with E-state index >= 15 is 0 Å². The zero-order valence-corrected chi connectivity index (χ0v) is 14.9. The number of carbonyl (C=O) groups excluding carboxylic acids is 1. The fraction of sp³-hybridized carbons (Fsp3) is 0.278. The van der Waals surface area contributed by atoms with Crippen molar-refractivity contribution in [3.05, 3.63) is 58.3 Å². The predicted molar refractivity (Wildman–Crippen MR) is 93.4 cm³/mol. The highest BCUT2D eigenvalue weighted by molar-refractivity contribution is 9.10. The van der Waals surface area contributed by atoms with Gasteiger partial charge in [-0.25, -0.2) is 4.39 Å². The van der Waals surface area contributed by atoms with E-state index in [1.807, 2.05) is 38.1 Å². The molecule has 122 valence electrons. The van der Waals surface area contributed by atoms with E-state index in [0.717, 1.165) is 10.0 Å². The highest BCUT2D eigenvalue weighted by Crippen LogP contribution is 2.26. The van der Waals surface area contributed by atoms with E-state index in [1.54, 1.807) is 11.0 Å². The van der Waals surface area contributed by atoms with Crippen LogP contribution in [0.2, 0.25) is 0 Å². The second-order valence-corrected chi connectivity index (χ2v) is 6.40. The van der Waals surface area contributed by atoms with Gasteiger partial charge in [0.25, 0.3) is 0 Å². The van der Waals surface area contributed by atoms with Crippen molar-refractivity contribution >= 4 is 27.5 Å². The monoisotopic (exact) mass is 379 g/mol. The summed E-state index contributed by atoms with van der Waals surface area (Å²) in [7, 11) is 1.41. The Hall–Kier alpha value is -1.88. The summed E-state index contributed by atoms with van der Waals surface area (Å²) in [5, 5.41) is 0. The average molecular weight is 380 g/mol. The molecule has 2 aromatic rings. The van der Waals surface area contributed by atoms with Gasteiger partial charge in [-0.15, -0.1) is 0 Å². The number of rotatable bonds is 5. The van der Waals surface area contributed by atoms with E-state index < -0.39 is 5.82 Å². The van der Waals surface area contributed by atoms with E-state index in [4.69, 9.17) is 4.74 Å². The van der Waals surface area contributed by atoms with Gasteiger partial charge in [0.15, 0.2) is 11.6 Å². The van der Waals surface area contributed by atoms with Crippen LogP contribution < -0.4 is 9.64 Å². The smallest absolute Gasteiger partial charge is 0.231 e. The molecule has 0 saturated carbocycles. The maximum absolute atomic E-state index is 13.9. The topological polar surface area (TPSA) is 29.5 Å². The van der Waals surface area contributed by atoms with Crippen molar-refractivity contribution in [2.24, 2.45) is 0 Å². The van der Waals surface area contributed by atoms with Crippen molar-refractivity contribution in [2.45, 2.75) is 26.3 Å². The minimum atomic E-state index is -0.481. The summed E-state index contributed by atoms with van der Waals surface area (Å²) >= 11 is 3.40. The third-order valence-corrected chi connectivity index (χ3v) is 3.94. The first-order valence-corrected chi connectivity index (χ1v) is 8.11. The van der Waals surface area contributed by atoms with Gasteiger partial charge in [0.1, 0.15) is 0 Å². The average Bonchev–Trinajstić information content (AvgIpc) is 2.47. The number of hydrogen-bond donors (Lipinski definition) is 0. The van der Waals surface area contributed by atoms with Gasteiger partial charge in [-0.3, -0.25) is 4.79 Å². The molecule has 0 aliphatic rings. The van der Waals surface area contributed by atoms with Crippen molar-refractivity contribution in [2.75, 3.05) is 12.0 Å². The van der Waals surface area contributed by atoms with Crippen LogP contribution in [0.5, 0.6) is 5.75 Å². The number of methoxy groups -OCH3 is 1. The van der Waals surface area contributed by atoms with Gasteiger partial charge < -0.3 is 9.64 Å². The Morgan fingerprint density at radius 2 is 2.00 bits per heavy atom. The summed E-state index contributed by atoms with van der Waals surface area (Å²) in [6, 6.07) is 12.1. The maximum atomic E-state index is 13.9. The zero-order chi connectivity index (χ0) is 17.0. The Labute approximate surface area is 144 Å². The second kappa shape index (κ2) is 7.59. The highest BCUT2D eigenvalue weighted by Gasteiger charge is 2.20. The summed E-state index contributed by atoms with van der Waals surface area (Å²) in [6.45, 7) is 3.81. The molecule has 0 aliphatic carbocycles. The number of benzene rings is 2. The van der Waals surface area contributed by atoms with Gasteiger partial charge in [0, 0.05) is 22.3 Å². The lowest BCUT2D eigenvalue weighted by Gasteiger charge is -2.27. The molecule has 2 rings (SSSR count). The predicted octanol–water partition coefficient (Wildman–Crippen LogP) is 4.58. The molecular weight excluding hydrogens is 361 g/mol. The molecule has 0 N–H and O–H groups in total. The third-order valence-electron chi connectivity index (χ3n) is 3.44. The largest absolute Gasteiger partial charge is 0.494 e. The highest BCUT2D eigenvalue weighted by atomic mass is 79.9. The van der Waals surface area contributed by atoms with Gasteiger partial charge in [-0.2, -0.15) is 0 Å². The molecule has 0 bridgehead atoms. The summed E-state index contributed by atoms with van der Waals surface area (Å²) < 4.78 is 19.8. The van der Waals surface area contributed by atoms with Gasteiger partial charge in [-0.1, -0.05) is 28.1 Å². The molecule has 3 nitrogen and oxygen atoms in total. The number of hydrogen-bond acceptors (Lipinski definition) is 2. The Morgan fingerprint density at radius 1 is 1.26 bits per heavy atom. The van der Waals surface area contributed by atoms with Crippen LogP contribution in [0, 0.1) is 5.82 Å². The van der Waals surface area contributed by atoms with E-state index in [1.165, 1.54) is 19.2 Å². The van der Waals surface area contributed by atoms with Crippen molar-refractivity contribution in [1.29, 1.82) is 0 Å². The lowest BCUT2D eigenvalue weighted by atomic mass is 10.1. The SMILES string of the molecule is COc1ccc(N(C(=O)Cc2cccc(Br)c2)C(C)C)cc1F. The number of amides is 1. The molecule has 0 unspecified atom stereocenters. The van der Waals surface area contributed by atoms with Crippen molar-refractivity contribution in [3.63, 3.8) is 0 Å². The summed E-state index contributed by atoms with van der Waals surface area (Å²) in [5.41, 5.74) is 1.43. The molecule has 2 aromatic carbocycles. The van der Waals surface area contributed by atoms with Gasteiger partial charge >= 0.3 is 0 Å². The first kappa shape index (κ1) is 17.5. The van der Waals surface area contributed by atoms with E-state index in [-0.39, 0.29) is 24.1 Å². The summed E-state index contributed by atoms with van der Waals surface area (Å²) in [4.78, 5) is 14.3. The Kier molecular flexibility index (Phi) is 5.77. The second-order valence-electron chi connectivity index (χ2n) is 5.48. The minimum Gasteiger partial charge on any atom is -0.494 e. The lowest BCUT2D eigenvalue weighted by molar-refractivity contribution is -0.118. The quantitative estimate of drug-likeness (QED) is 0.760. The maximum Gasteiger partial charge on any atom is 0.231 e. The van der Waals surface area contributed by atoms with Crippen LogP contribution in [0.1, 0.15) is 19.4 Å². The van der Waals surface area contributed by atoms with Crippen molar-refractivity contribution in [1.82, 2.24) is 0 Å². The fourth-order valence-electron chi connectivity index (χ4n) is 2.44. The molecule has 0 atom stereocenters. The molecule has 0 aromatic heterocycles. The number of ether oxygens (including phenoxy) is 1. The van der Waals surface area contributed by atoms with Crippen LogP contribution in [0.15, 0.2) is 46.9 Å². The normalized spacial score (nSPS) is 10.7. The third kappa shape index (κ3) is 4.32. The van der Waals surface area contributed by atoms with Crippen LogP contribution >= 0.6 is 15.9 Å². The Balaban J connectivity index is 2.27. The standard InChI is InChI=1S/C18H19BrFNO2/c1-12(2)21(15-7-8-17(23-3)16(20)11-15)18(22)10-13-5-4-6-14(19)9-13/h4-9,11-12H,10H2,1-3H3. The van der Waals surface area contributed by atoms with E-state index in [0.29, 0.717) is 5.69 Å². The van der Waals surface area contributed by atoms with Crippen LogP contribution in [0.25, 0.3) is 0 Å². The van der Waals surface area contributed by atoms with Gasteiger partial charge in [-0.05, 0) is 43.7 Å². The molecule has 0 heterocycles. The van der Waals surface area contributed by atoms with Crippen LogP contribution in [-0.4, -0.2) is 19.1 Å². The molecule has 23 heavy (non-hydrogen) atoms. The molecule has 0 saturated heterocycles. The summed E-state index contributed by atoms with van der Waals surface area (Å²) in [5.74, 6) is -0.398. The van der Waals surface area contributed by atoms with E-state index in [9.17, 15) is 9.18 Å². The van der Waals surface area contributed by atoms with Crippen molar-refractivity contribution < 1.29 is 13.9 Å². The molecule has 0 aliphatic heterocycles. The van der Waals surface area contributed by atoms with Gasteiger partial charge in [0.05, 0.1) is 13.5 Å². The molecular formula is C18H19BrFNO2. The van der Waals surface area contributed by atoms with Crippen LogP contribution in [-0.2, 0) is 11.2 Å². The Bertz CT molecular complexity index is 703.